The number of ether oxygens (including phenoxy) is 1. The summed E-state index contributed by atoms with van der Waals surface area (Å²) in [7, 11) is 0. The summed E-state index contributed by atoms with van der Waals surface area (Å²) in [5.41, 5.74) is 0.659. The standard InChI is InChI=1S/C11H10ClNO2/c12-5-6-15-9-3-1-8-2-4-11(14)13-10(8)7-9/h1-4,7H,5-6H2,(H,13,14). The van der Waals surface area contributed by atoms with Crippen LogP contribution in [0, 0.1) is 0 Å². The second-order valence-corrected chi connectivity index (χ2v) is 3.49. The third-order valence-electron chi connectivity index (χ3n) is 2.04. The molecule has 0 aliphatic heterocycles. The number of H-pyrrole nitrogens is 1. The Morgan fingerprint density at radius 1 is 1.27 bits per heavy atom. The lowest BCUT2D eigenvalue weighted by atomic mass is 10.2. The maximum absolute atomic E-state index is 11.1. The number of fused-ring (bicyclic) bond motifs is 1. The molecule has 0 atom stereocenters. The molecule has 0 aliphatic rings. The summed E-state index contributed by atoms with van der Waals surface area (Å²) < 4.78 is 5.35. The van der Waals surface area contributed by atoms with E-state index in [1.807, 2.05) is 12.1 Å². The lowest BCUT2D eigenvalue weighted by Crippen LogP contribution is -2.03. The topological polar surface area (TPSA) is 42.1 Å². The van der Waals surface area contributed by atoms with Crippen molar-refractivity contribution in [2.45, 2.75) is 0 Å². The maximum atomic E-state index is 11.1. The van der Waals surface area contributed by atoms with Crippen molar-refractivity contribution in [1.82, 2.24) is 4.98 Å². The van der Waals surface area contributed by atoms with Crippen LogP contribution in [0.2, 0.25) is 0 Å². The normalized spacial score (nSPS) is 10.5. The number of halogens is 1. The lowest BCUT2D eigenvalue weighted by Gasteiger charge is -2.04. The number of nitrogens with one attached hydrogen (secondary N) is 1. The summed E-state index contributed by atoms with van der Waals surface area (Å²) in [6.45, 7) is 0.462. The number of aromatic amines is 1. The van der Waals surface area contributed by atoms with Crippen LogP contribution in [-0.4, -0.2) is 17.5 Å². The number of rotatable bonds is 3. The largest absolute Gasteiger partial charge is 0.492 e. The highest BCUT2D eigenvalue weighted by Crippen LogP contribution is 2.17. The summed E-state index contributed by atoms with van der Waals surface area (Å²) >= 11 is 5.51. The number of hydrogen-bond donors (Lipinski definition) is 1. The molecule has 0 unspecified atom stereocenters. The molecule has 1 aromatic heterocycles. The van der Waals surface area contributed by atoms with Crippen molar-refractivity contribution in [3.8, 4) is 5.75 Å². The van der Waals surface area contributed by atoms with Gasteiger partial charge in [0, 0.05) is 12.1 Å². The van der Waals surface area contributed by atoms with Crippen molar-refractivity contribution in [2.24, 2.45) is 0 Å². The lowest BCUT2D eigenvalue weighted by molar-refractivity contribution is 0.343. The first-order chi connectivity index (χ1) is 7.29. The van der Waals surface area contributed by atoms with Crippen LogP contribution in [0.4, 0.5) is 0 Å². The predicted molar refractivity (Wildman–Crippen MR) is 60.8 cm³/mol. The molecule has 0 fully saturated rings. The fourth-order valence-corrected chi connectivity index (χ4v) is 1.45. The Bertz CT molecular complexity index is 521. The molecule has 0 saturated heterocycles. The van der Waals surface area contributed by atoms with E-state index >= 15 is 0 Å². The van der Waals surface area contributed by atoms with Crippen molar-refractivity contribution in [2.75, 3.05) is 12.5 Å². The van der Waals surface area contributed by atoms with Gasteiger partial charge in [-0.15, -0.1) is 11.6 Å². The van der Waals surface area contributed by atoms with E-state index in [0.717, 1.165) is 10.9 Å². The molecule has 0 bridgehead atoms. The molecule has 0 aliphatic carbocycles. The van der Waals surface area contributed by atoms with Gasteiger partial charge in [0.15, 0.2) is 0 Å². The van der Waals surface area contributed by atoms with Crippen molar-refractivity contribution in [1.29, 1.82) is 0 Å². The van der Waals surface area contributed by atoms with E-state index < -0.39 is 0 Å². The molecule has 78 valence electrons. The predicted octanol–water partition coefficient (Wildman–Crippen LogP) is 2.15. The molecular formula is C11H10ClNO2. The second-order valence-electron chi connectivity index (χ2n) is 3.11. The fraction of sp³-hybridized carbons (Fsp3) is 0.182. The zero-order valence-corrected chi connectivity index (χ0v) is 8.75. The average Bonchev–Trinajstić information content (AvgIpc) is 2.25. The van der Waals surface area contributed by atoms with Gasteiger partial charge in [-0.2, -0.15) is 0 Å². The van der Waals surface area contributed by atoms with E-state index in [4.69, 9.17) is 16.3 Å². The van der Waals surface area contributed by atoms with Crippen LogP contribution in [0.5, 0.6) is 5.75 Å². The van der Waals surface area contributed by atoms with E-state index in [1.54, 1.807) is 12.1 Å². The van der Waals surface area contributed by atoms with Crippen LogP contribution in [0.3, 0.4) is 0 Å². The molecule has 1 heterocycles. The van der Waals surface area contributed by atoms with Crippen LogP contribution < -0.4 is 10.3 Å². The first-order valence-electron chi connectivity index (χ1n) is 4.61. The summed E-state index contributed by atoms with van der Waals surface area (Å²) in [6.07, 6.45) is 0. The number of hydrogen-bond acceptors (Lipinski definition) is 2. The molecule has 0 spiro atoms. The van der Waals surface area contributed by atoms with Gasteiger partial charge in [-0.3, -0.25) is 4.79 Å². The highest BCUT2D eigenvalue weighted by molar-refractivity contribution is 6.18. The molecule has 1 N–H and O–H groups in total. The van der Waals surface area contributed by atoms with E-state index in [9.17, 15) is 4.79 Å². The Morgan fingerprint density at radius 3 is 2.87 bits per heavy atom. The van der Waals surface area contributed by atoms with Crippen LogP contribution in [0.25, 0.3) is 10.9 Å². The van der Waals surface area contributed by atoms with Crippen molar-refractivity contribution in [3.05, 3.63) is 40.7 Å². The first kappa shape index (κ1) is 10.1. The van der Waals surface area contributed by atoms with Crippen LogP contribution >= 0.6 is 11.6 Å². The smallest absolute Gasteiger partial charge is 0.248 e. The summed E-state index contributed by atoms with van der Waals surface area (Å²) in [6, 6.07) is 8.83. The van der Waals surface area contributed by atoms with Crippen molar-refractivity contribution < 1.29 is 4.74 Å². The van der Waals surface area contributed by atoms with Crippen molar-refractivity contribution >= 4 is 22.5 Å². The van der Waals surface area contributed by atoms with E-state index in [1.165, 1.54) is 6.07 Å². The highest BCUT2D eigenvalue weighted by Gasteiger charge is 1.97. The highest BCUT2D eigenvalue weighted by atomic mass is 35.5. The number of alkyl halides is 1. The minimum Gasteiger partial charge on any atom is -0.492 e. The first-order valence-corrected chi connectivity index (χ1v) is 5.15. The minimum atomic E-state index is -0.114. The molecule has 4 heteroatoms. The van der Waals surface area contributed by atoms with Gasteiger partial charge in [-0.1, -0.05) is 0 Å². The van der Waals surface area contributed by atoms with E-state index in [2.05, 4.69) is 4.98 Å². The molecule has 2 aromatic rings. The monoisotopic (exact) mass is 223 g/mol. The van der Waals surface area contributed by atoms with Gasteiger partial charge >= 0.3 is 0 Å². The third kappa shape index (κ3) is 2.30. The minimum absolute atomic E-state index is 0.114. The van der Waals surface area contributed by atoms with Gasteiger partial charge in [0.25, 0.3) is 0 Å². The van der Waals surface area contributed by atoms with Gasteiger partial charge in [0.05, 0.1) is 11.4 Å². The van der Waals surface area contributed by atoms with Crippen molar-refractivity contribution in [3.63, 3.8) is 0 Å². The number of pyridine rings is 1. The van der Waals surface area contributed by atoms with Crippen LogP contribution in [-0.2, 0) is 0 Å². The number of aromatic nitrogens is 1. The van der Waals surface area contributed by atoms with Crippen LogP contribution in [0.1, 0.15) is 0 Å². The van der Waals surface area contributed by atoms with Gasteiger partial charge in [-0.05, 0) is 23.6 Å². The van der Waals surface area contributed by atoms with E-state index in [0.29, 0.717) is 18.2 Å². The fourth-order valence-electron chi connectivity index (χ4n) is 1.38. The quantitative estimate of drug-likeness (QED) is 0.811. The Hall–Kier alpha value is -1.48. The Balaban J connectivity index is 2.40. The van der Waals surface area contributed by atoms with Crippen LogP contribution in [0.15, 0.2) is 35.1 Å². The summed E-state index contributed by atoms with van der Waals surface area (Å²) in [4.78, 5) is 13.8. The molecular weight excluding hydrogens is 214 g/mol. The molecule has 0 saturated carbocycles. The molecule has 0 amide bonds. The molecule has 0 radical (unpaired) electrons. The number of benzene rings is 1. The van der Waals surface area contributed by atoms with Gasteiger partial charge < -0.3 is 9.72 Å². The maximum Gasteiger partial charge on any atom is 0.248 e. The summed E-state index contributed by atoms with van der Waals surface area (Å²) in [5.74, 6) is 1.16. The second kappa shape index (κ2) is 4.36. The Kier molecular flexibility index (Phi) is 2.92. The average molecular weight is 224 g/mol. The van der Waals surface area contributed by atoms with Gasteiger partial charge in [0.2, 0.25) is 5.56 Å². The zero-order valence-electron chi connectivity index (χ0n) is 8.00. The summed E-state index contributed by atoms with van der Waals surface area (Å²) in [5, 5.41) is 0.979. The molecule has 1 aromatic carbocycles. The van der Waals surface area contributed by atoms with E-state index in [-0.39, 0.29) is 5.56 Å². The zero-order chi connectivity index (χ0) is 10.7. The third-order valence-corrected chi connectivity index (χ3v) is 2.20. The van der Waals surface area contributed by atoms with Gasteiger partial charge in [-0.25, -0.2) is 0 Å². The Labute approximate surface area is 91.6 Å². The molecule has 3 nitrogen and oxygen atoms in total. The molecule has 15 heavy (non-hydrogen) atoms. The SMILES string of the molecule is O=c1ccc2ccc(OCCCl)cc2[nH]1. The Morgan fingerprint density at radius 2 is 2.07 bits per heavy atom. The molecule has 2 rings (SSSR count). The van der Waals surface area contributed by atoms with Gasteiger partial charge in [0.1, 0.15) is 12.4 Å².